The van der Waals surface area contributed by atoms with E-state index >= 15 is 0 Å². The number of nitrogens with zero attached hydrogens (tertiary/aromatic N) is 1. The Bertz CT molecular complexity index is 975. The number of thiophene rings is 1. The molecule has 0 bridgehead atoms. The number of allylic oxidation sites excluding steroid dienone is 2. The summed E-state index contributed by atoms with van der Waals surface area (Å²) in [6.07, 6.45) is 0. The Balaban J connectivity index is 2.30. The maximum atomic E-state index is 9.71. The molecule has 1 unspecified atom stereocenters. The van der Waals surface area contributed by atoms with E-state index in [1.54, 1.807) is 18.3 Å². The van der Waals surface area contributed by atoms with E-state index < -0.39 is 0 Å². The second-order valence-electron chi connectivity index (χ2n) is 5.92. The second kappa shape index (κ2) is 6.55. The zero-order valence-corrected chi connectivity index (χ0v) is 14.5. The van der Waals surface area contributed by atoms with Gasteiger partial charge < -0.3 is 5.73 Å². The van der Waals surface area contributed by atoms with Gasteiger partial charge >= 0.3 is 0 Å². The van der Waals surface area contributed by atoms with Crippen LogP contribution in [-0.4, -0.2) is 7.85 Å². The summed E-state index contributed by atoms with van der Waals surface area (Å²) in [4.78, 5) is 0. The highest BCUT2D eigenvalue weighted by molar-refractivity contribution is 7.17. The first-order chi connectivity index (χ1) is 11.5. The van der Waals surface area contributed by atoms with E-state index in [4.69, 9.17) is 13.6 Å². The summed E-state index contributed by atoms with van der Waals surface area (Å²) >= 11 is 1.72. The molecule has 2 radical (unpaired) electrons. The number of hydrogen-bond donors (Lipinski definition) is 1. The van der Waals surface area contributed by atoms with Crippen LogP contribution in [0.2, 0.25) is 0 Å². The van der Waals surface area contributed by atoms with Crippen LogP contribution < -0.4 is 11.2 Å². The van der Waals surface area contributed by atoms with Crippen molar-refractivity contribution in [3.63, 3.8) is 0 Å². The maximum absolute atomic E-state index is 9.71. The zero-order chi connectivity index (χ0) is 17.3. The highest BCUT2D eigenvalue weighted by atomic mass is 32.1. The van der Waals surface area contributed by atoms with Gasteiger partial charge in [-0.3, -0.25) is 0 Å². The van der Waals surface area contributed by atoms with Crippen molar-refractivity contribution in [3.05, 3.63) is 75.8 Å². The minimum Gasteiger partial charge on any atom is -0.401 e. The number of nitriles is 1. The fourth-order valence-electron chi connectivity index (χ4n) is 3.14. The van der Waals surface area contributed by atoms with Gasteiger partial charge in [0.15, 0.2) is 0 Å². The third kappa shape index (κ3) is 2.84. The van der Waals surface area contributed by atoms with E-state index in [0.29, 0.717) is 16.7 Å². The highest BCUT2D eigenvalue weighted by Crippen LogP contribution is 2.37. The van der Waals surface area contributed by atoms with Gasteiger partial charge in [-0.15, -0.1) is 11.3 Å². The fourth-order valence-corrected chi connectivity index (χ4v) is 3.98. The molecule has 0 amide bonds. The molecule has 4 heteroatoms. The SMILES string of the molecule is [B]c1cccc(C(/C(C#N)=C(\C)N)c2ccc3sccc3c2C)c1. The van der Waals surface area contributed by atoms with Gasteiger partial charge in [-0.25, -0.2) is 0 Å². The van der Waals surface area contributed by atoms with Crippen molar-refractivity contribution < 1.29 is 0 Å². The molecular formula is C20H17BN2S. The predicted octanol–water partition coefficient (Wildman–Crippen LogP) is 3.89. The Kier molecular flexibility index (Phi) is 4.46. The number of fused-ring (bicyclic) bond motifs is 1. The first kappa shape index (κ1) is 16.4. The summed E-state index contributed by atoms with van der Waals surface area (Å²) in [5, 5.41) is 13.0. The second-order valence-corrected chi connectivity index (χ2v) is 6.87. The average molecular weight is 328 g/mol. The summed E-state index contributed by atoms with van der Waals surface area (Å²) in [7, 11) is 5.98. The van der Waals surface area contributed by atoms with Crippen LogP contribution in [0.25, 0.3) is 10.1 Å². The van der Waals surface area contributed by atoms with E-state index in [1.807, 2.05) is 24.3 Å². The van der Waals surface area contributed by atoms with E-state index in [-0.39, 0.29) is 5.92 Å². The topological polar surface area (TPSA) is 49.8 Å². The molecular weight excluding hydrogens is 311 g/mol. The standard InChI is InChI=1S/C20H17BN2S/c1-12-16-8-9-24-19(16)7-6-17(12)20(18(11-22)13(2)23)14-4-3-5-15(21)10-14/h3-10,20H,23H2,1-2H3/b18-13+. The van der Waals surface area contributed by atoms with Gasteiger partial charge in [0.25, 0.3) is 0 Å². The third-order valence-electron chi connectivity index (χ3n) is 4.34. The normalized spacial score (nSPS) is 13.4. The summed E-state index contributed by atoms with van der Waals surface area (Å²) < 4.78 is 1.24. The minimum absolute atomic E-state index is 0.215. The molecule has 2 nitrogen and oxygen atoms in total. The molecule has 1 heterocycles. The zero-order valence-electron chi connectivity index (χ0n) is 13.7. The van der Waals surface area contributed by atoms with Gasteiger partial charge in [-0.05, 0) is 53.4 Å². The first-order valence-corrected chi connectivity index (χ1v) is 8.59. The van der Waals surface area contributed by atoms with Gasteiger partial charge in [0.1, 0.15) is 7.85 Å². The molecule has 0 aliphatic heterocycles. The van der Waals surface area contributed by atoms with E-state index in [2.05, 4.69) is 36.6 Å². The monoisotopic (exact) mass is 328 g/mol. The van der Waals surface area contributed by atoms with Crippen LogP contribution in [0.1, 0.15) is 29.5 Å². The Hall–Kier alpha value is -2.51. The molecule has 3 aromatic rings. The maximum Gasteiger partial charge on any atom is 0.113 e. The van der Waals surface area contributed by atoms with Crippen molar-refractivity contribution in [2.24, 2.45) is 5.73 Å². The number of hydrogen-bond acceptors (Lipinski definition) is 3. The Labute approximate surface area is 147 Å². The van der Waals surface area contributed by atoms with E-state index in [0.717, 1.165) is 11.1 Å². The first-order valence-electron chi connectivity index (χ1n) is 7.71. The van der Waals surface area contributed by atoms with Crippen molar-refractivity contribution in [3.8, 4) is 6.07 Å². The molecule has 0 saturated carbocycles. The Morgan fingerprint density at radius 2 is 2.04 bits per heavy atom. The van der Waals surface area contributed by atoms with Gasteiger partial charge in [0.05, 0.1) is 11.6 Å². The van der Waals surface area contributed by atoms with Crippen molar-refractivity contribution in [2.75, 3.05) is 0 Å². The molecule has 1 atom stereocenters. The fraction of sp³-hybridized carbons (Fsp3) is 0.150. The van der Waals surface area contributed by atoms with E-state index in [9.17, 15) is 5.26 Å². The summed E-state index contributed by atoms with van der Waals surface area (Å²) in [6, 6.07) is 16.3. The summed E-state index contributed by atoms with van der Waals surface area (Å²) in [5.41, 5.74) is 11.1. The van der Waals surface area contributed by atoms with Gasteiger partial charge in [-0.1, -0.05) is 35.8 Å². The lowest BCUT2D eigenvalue weighted by molar-refractivity contribution is 0.946. The number of benzene rings is 2. The molecule has 2 aromatic carbocycles. The lowest BCUT2D eigenvalue weighted by Crippen LogP contribution is -2.13. The summed E-state index contributed by atoms with van der Waals surface area (Å²) in [6.45, 7) is 3.88. The Morgan fingerprint density at radius 1 is 1.25 bits per heavy atom. The minimum atomic E-state index is -0.215. The van der Waals surface area contributed by atoms with Crippen molar-refractivity contribution >= 4 is 34.7 Å². The summed E-state index contributed by atoms with van der Waals surface area (Å²) in [5.74, 6) is -0.215. The predicted molar refractivity (Wildman–Crippen MR) is 103 cm³/mol. The number of aryl methyl sites for hydroxylation is 1. The van der Waals surface area contributed by atoms with Crippen molar-refractivity contribution in [1.29, 1.82) is 5.26 Å². The highest BCUT2D eigenvalue weighted by Gasteiger charge is 2.23. The molecule has 3 rings (SSSR count). The quantitative estimate of drug-likeness (QED) is 0.586. The van der Waals surface area contributed by atoms with Crippen molar-refractivity contribution in [2.45, 2.75) is 19.8 Å². The lowest BCUT2D eigenvalue weighted by atomic mass is 9.80. The van der Waals surface area contributed by atoms with Gasteiger partial charge in [0.2, 0.25) is 0 Å². The molecule has 24 heavy (non-hydrogen) atoms. The molecule has 116 valence electrons. The molecule has 0 fully saturated rings. The van der Waals surface area contributed by atoms with Crippen LogP contribution in [0.3, 0.4) is 0 Å². The number of nitrogens with two attached hydrogens (primary N) is 1. The molecule has 1 aromatic heterocycles. The van der Waals surface area contributed by atoms with Crippen LogP contribution in [0, 0.1) is 18.3 Å². The molecule has 0 spiro atoms. The number of rotatable bonds is 3. The largest absolute Gasteiger partial charge is 0.401 e. The van der Waals surface area contributed by atoms with Gasteiger partial charge in [-0.2, -0.15) is 5.26 Å². The lowest BCUT2D eigenvalue weighted by Gasteiger charge is -2.21. The smallest absolute Gasteiger partial charge is 0.113 e. The Morgan fingerprint density at radius 3 is 2.71 bits per heavy atom. The van der Waals surface area contributed by atoms with Crippen molar-refractivity contribution in [1.82, 2.24) is 0 Å². The van der Waals surface area contributed by atoms with Crippen LogP contribution in [0.5, 0.6) is 0 Å². The van der Waals surface area contributed by atoms with Crippen LogP contribution in [0.15, 0.2) is 59.1 Å². The van der Waals surface area contributed by atoms with Gasteiger partial charge in [0, 0.05) is 16.3 Å². The molecule has 0 saturated heterocycles. The van der Waals surface area contributed by atoms with E-state index in [1.165, 1.54) is 15.6 Å². The molecule has 2 N–H and O–H groups in total. The molecule has 0 aliphatic rings. The third-order valence-corrected chi connectivity index (χ3v) is 5.22. The molecule has 0 aliphatic carbocycles. The van der Waals surface area contributed by atoms with Crippen LogP contribution in [0.4, 0.5) is 0 Å². The average Bonchev–Trinajstić information content (AvgIpc) is 3.02. The van der Waals surface area contributed by atoms with Crippen LogP contribution in [-0.2, 0) is 0 Å². The van der Waals surface area contributed by atoms with Crippen LogP contribution >= 0.6 is 11.3 Å².